The standard InChI is InChI=1S/C10H11BrFN/c1-10(2)5-13-7-4-3-6(11)9(12)8(7)10/h3-4,13H,5H2,1-2H3. The van der Waals surface area contributed by atoms with Crippen LogP contribution in [0.15, 0.2) is 16.6 Å². The Kier molecular flexibility index (Phi) is 1.88. The van der Waals surface area contributed by atoms with Crippen molar-refractivity contribution in [1.29, 1.82) is 0 Å². The van der Waals surface area contributed by atoms with Crippen LogP contribution in [0.1, 0.15) is 19.4 Å². The fourth-order valence-electron chi connectivity index (χ4n) is 1.76. The second-order valence-electron chi connectivity index (χ2n) is 4.02. The highest BCUT2D eigenvalue weighted by Crippen LogP contribution is 2.40. The SMILES string of the molecule is CC1(C)CNc2ccc(Br)c(F)c21. The number of anilines is 1. The van der Waals surface area contributed by atoms with Gasteiger partial charge < -0.3 is 5.32 Å². The fourth-order valence-corrected chi connectivity index (χ4v) is 2.09. The average molecular weight is 244 g/mol. The second-order valence-corrected chi connectivity index (χ2v) is 4.88. The molecule has 0 bridgehead atoms. The lowest BCUT2D eigenvalue weighted by Gasteiger charge is -2.17. The Hall–Kier alpha value is -0.570. The van der Waals surface area contributed by atoms with Crippen LogP contribution in [-0.2, 0) is 5.41 Å². The van der Waals surface area contributed by atoms with Gasteiger partial charge in [0.1, 0.15) is 5.82 Å². The van der Waals surface area contributed by atoms with Crippen LogP contribution < -0.4 is 5.32 Å². The maximum Gasteiger partial charge on any atom is 0.143 e. The Morgan fingerprint density at radius 3 is 2.85 bits per heavy atom. The minimum Gasteiger partial charge on any atom is -0.384 e. The van der Waals surface area contributed by atoms with Crippen LogP contribution in [0.3, 0.4) is 0 Å². The highest BCUT2D eigenvalue weighted by molar-refractivity contribution is 9.10. The van der Waals surface area contributed by atoms with Crippen molar-refractivity contribution in [3.63, 3.8) is 0 Å². The Labute approximate surface area is 85.5 Å². The molecule has 0 unspecified atom stereocenters. The molecule has 1 aromatic rings. The number of fused-ring (bicyclic) bond motifs is 1. The van der Waals surface area contributed by atoms with Gasteiger partial charge in [0.2, 0.25) is 0 Å². The van der Waals surface area contributed by atoms with Crippen molar-refractivity contribution in [2.45, 2.75) is 19.3 Å². The number of hydrogen-bond acceptors (Lipinski definition) is 1. The Bertz CT molecular complexity index is 360. The largest absolute Gasteiger partial charge is 0.384 e. The molecule has 1 aliphatic rings. The first-order chi connectivity index (χ1) is 6.02. The zero-order chi connectivity index (χ0) is 9.64. The lowest BCUT2D eigenvalue weighted by atomic mass is 9.87. The molecule has 70 valence electrons. The summed E-state index contributed by atoms with van der Waals surface area (Å²) in [4.78, 5) is 0. The first kappa shape index (κ1) is 9.00. The van der Waals surface area contributed by atoms with Gasteiger partial charge >= 0.3 is 0 Å². The van der Waals surface area contributed by atoms with Gasteiger partial charge in [-0.05, 0) is 28.1 Å². The van der Waals surface area contributed by atoms with E-state index in [2.05, 4.69) is 21.2 Å². The zero-order valence-electron chi connectivity index (χ0n) is 7.62. The van der Waals surface area contributed by atoms with E-state index in [1.807, 2.05) is 19.9 Å². The molecule has 1 nitrogen and oxygen atoms in total. The van der Waals surface area contributed by atoms with Crippen LogP contribution in [-0.4, -0.2) is 6.54 Å². The number of nitrogens with one attached hydrogen (secondary N) is 1. The van der Waals surface area contributed by atoms with Crippen LogP contribution >= 0.6 is 15.9 Å². The van der Waals surface area contributed by atoms with Crippen LogP contribution in [0.4, 0.5) is 10.1 Å². The Morgan fingerprint density at radius 2 is 2.15 bits per heavy atom. The molecule has 1 aliphatic heterocycles. The fraction of sp³-hybridized carbons (Fsp3) is 0.400. The van der Waals surface area contributed by atoms with Gasteiger partial charge in [-0.2, -0.15) is 0 Å². The molecule has 0 fully saturated rings. The lowest BCUT2D eigenvalue weighted by Crippen LogP contribution is -2.20. The molecular weight excluding hydrogens is 233 g/mol. The first-order valence-electron chi connectivity index (χ1n) is 4.25. The summed E-state index contributed by atoms with van der Waals surface area (Å²) in [6.07, 6.45) is 0. The molecule has 2 rings (SSSR count). The van der Waals surface area contributed by atoms with Crippen molar-refractivity contribution in [1.82, 2.24) is 0 Å². The van der Waals surface area contributed by atoms with Crippen LogP contribution in [0.2, 0.25) is 0 Å². The molecule has 13 heavy (non-hydrogen) atoms. The number of benzene rings is 1. The van der Waals surface area contributed by atoms with Crippen molar-refractivity contribution in [3.05, 3.63) is 28.0 Å². The first-order valence-corrected chi connectivity index (χ1v) is 5.04. The summed E-state index contributed by atoms with van der Waals surface area (Å²) in [7, 11) is 0. The Morgan fingerprint density at radius 1 is 1.46 bits per heavy atom. The van der Waals surface area contributed by atoms with E-state index in [0.717, 1.165) is 17.8 Å². The molecule has 0 radical (unpaired) electrons. The van der Waals surface area contributed by atoms with E-state index in [9.17, 15) is 4.39 Å². The van der Waals surface area contributed by atoms with E-state index in [1.54, 1.807) is 6.07 Å². The molecule has 3 heteroatoms. The summed E-state index contributed by atoms with van der Waals surface area (Å²) in [5.74, 6) is -0.132. The minimum absolute atomic E-state index is 0.108. The highest BCUT2D eigenvalue weighted by atomic mass is 79.9. The van der Waals surface area contributed by atoms with Gasteiger partial charge in [-0.15, -0.1) is 0 Å². The zero-order valence-corrected chi connectivity index (χ0v) is 9.20. The van der Waals surface area contributed by atoms with Crippen molar-refractivity contribution in [2.75, 3.05) is 11.9 Å². The van der Waals surface area contributed by atoms with Gasteiger partial charge in [-0.1, -0.05) is 13.8 Å². The molecule has 0 saturated carbocycles. The van der Waals surface area contributed by atoms with Crippen molar-refractivity contribution >= 4 is 21.6 Å². The van der Waals surface area contributed by atoms with E-state index in [1.165, 1.54) is 0 Å². The summed E-state index contributed by atoms with van der Waals surface area (Å²) in [5.41, 5.74) is 1.61. The van der Waals surface area contributed by atoms with Crippen molar-refractivity contribution in [3.8, 4) is 0 Å². The smallest absolute Gasteiger partial charge is 0.143 e. The molecule has 0 amide bonds. The number of rotatable bonds is 0. The third kappa shape index (κ3) is 1.26. The molecule has 1 aromatic carbocycles. The molecule has 1 heterocycles. The predicted molar refractivity (Wildman–Crippen MR) is 55.6 cm³/mol. The molecule has 0 aliphatic carbocycles. The molecular formula is C10H11BrFN. The summed E-state index contributed by atoms with van der Waals surface area (Å²) in [6, 6.07) is 3.65. The van der Waals surface area contributed by atoms with Gasteiger partial charge in [-0.3, -0.25) is 0 Å². The molecule has 0 atom stereocenters. The summed E-state index contributed by atoms with van der Waals surface area (Å²) in [6.45, 7) is 4.89. The third-order valence-corrected chi connectivity index (χ3v) is 3.10. The number of halogens is 2. The quantitative estimate of drug-likeness (QED) is 0.738. The van der Waals surface area contributed by atoms with Crippen LogP contribution in [0.5, 0.6) is 0 Å². The third-order valence-electron chi connectivity index (χ3n) is 2.49. The number of hydrogen-bond donors (Lipinski definition) is 1. The van der Waals surface area contributed by atoms with Crippen molar-refractivity contribution in [2.24, 2.45) is 0 Å². The molecule has 0 spiro atoms. The predicted octanol–water partition coefficient (Wildman–Crippen LogP) is 3.29. The van der Waals surface area contributed by atoms with E-state index in [-0.39, 0.29) is 11.2 Å². The second kappa shape index (κ2) is 2.71. The normalized spacial score (nSPS) is 18.2. The molecule has 0 saturated heterocycles. The topological polar surface area (TPSA) is 12.0 Å². The van der Waals surface area contributed by atoms with E-state index in [0.29, 0.717) is 4.47 Å². The summed E-state index contributed by atoms with van der Waals surface area (Å²) in [5, 5.41) is 3.20. The van der Waals surface area contributed by atoms with Crippen LogP contribution in [0, 0.1) is 5.82 Å². The molecule has 1 N–H and O–H groups in total. The minimum atomic E-state index is -0.132. The lowest BCUT2D eigenvalue weighted by molar-refractivity contribution is 0.524. The van der Waals surface area contributed by atoms with Gasteiger partial charge in [-0.25, -0.2) is 4.39 Å². The summed E-state index contributed by atoms with van der Waals surface area (Å²) >= 11 is 3.20. The van der Waals surface area contributed by atoms with E-state index in [4.69, 9.17) is 0 Å². The monoisotopic (exact) mass is 243 g/mol. The van der Waals surface area contributed by atoms with E-state index >= 15 is 0 Å². The van der Waals surface area contributed by atoms with E-state index < -0.39 is 0 Å². The van der Waals surface area contributed by atoms with Gasteiger partial charge in [0, 0.05) is 23.2 Å². The highest BCUT2D eigenvalue weighted by Gasteiger charge is 2.33. The van der Waals surface area contributed by atoms with Gasteiger partial charge in [0.05, 0.1) is 4.47 Å². The maximum absolute atomic E-state index is 13.7. The van der Waals surface area contributed by atoms with Gasteiger partial charge in [0.25, 0.3) is 0 Å². The Balaban J connectivity index is 2.68. The van der Waals surface area contributed by atoms with Crippen LogP contribution in [0.25, 0.3) is 0 Å². The van der Waals surface area contributed by atoms with Crippen molar-refractivity contribution < 1.29 is 4.39 Å². The average Bonchev–Trinajstić information content (AvgIpc) is 2.35. The van der Waals surface area contributed by atoms with Gasteiger partial charge in [0.15, 0.2) is 0 Å². The molecule has 0 aromatic heterocycles. The summed E-state index contributed by atoms with van der Waals surface area (Å²) < 4.78 is 14.3. The maximum atomic E-state index is 13.7.